The third-order valence-electron chi connectivity index (χ3n) is 8.63. The number of nitrogens with zero attached hydrogens (tertiary/aromatic N) is 5. The smallest absolute Gasteiger partial charge is 0.318 e. The van der Waals surface area contributed by atoms with Crippen LogP contribution in [0.2, 0.25) is 5.02 Å². The zero-order valence-corrected chi connectivity index (χ0v) is 27.3. The number of piperazine rings is 1. The molecule has 3 saturated heterocycles. The van der Waals surface area contributed by atoms with Gasteiger partial charge in [0.2, 0.25) is 0 Å². The number of halogens is 3. The van der Waals surface area contributed by atoms with Gasteiger partial charge >= 0.3 is 6.01 Å². The zero-order valence-electron chi connectivity index (χ0n) is 25.7. The number of anilines is 2. The number of likely N-dealkylation sites (tertiary alicyclic amines) is 1. The molecule has 5 heterocycles. The van der Waals surface area contributed by atoms with Crippen molar-refractivity contribution in [3.63, 3.8) is 0 Å². The average molecular weight is 642 g/mol. The number of methoxy groups -OCH3 is 1. The van der Waals surface area contributed by atoms with E-state index < -0.39 is 11.6 Å². The van der Waals surface area contributed by atoms with Gasteiger partial charge in [-0.1, -0.05) is 31.5 Å². The van der Waals surface area contributed by atoms with Gasteiger partial charge < -0.3 is 25.6 Å². The van der Waals surface area contributed by atoms with Gasteiger partial charge in [0, 0.05) is 47.6 Å². The molecule has 0 amide bonds. The van der Waals surface area contributed by atoms with Crippen LogP contribution in [0.4, 0.5) is 19.6 Å². The topological polar surface area (TPSA) is 103 Å². The largest absolute Gasteiger partial charge is 0.467 e. The minimum absolute atomic E-state index is 0.0190. The van der Waals surface area contributed by atoms with Crippen molar-refractivity contribution in [1.29, 1.82) is 5.26 Å². The van der Waals surface area contributed by atoms with E-state index in [0.717, 1.165) is 43.3 Å². The normalized spacial score (nSPS) is 21.1. The molecule has 4 aromatic rings. The van der Waals surface area contributed by atoms with Crippen LogP contribution < -0.4 is 20.7 Å². The van der Waals surface area contributed by atoms with Gasteiger partial charge in [0.05, 0.1) is 22.4 Å². The maximum atomic E-state index is 16.3. The second-order valence-corrected chi connectivity index (χ2v) is 12.7. The highest BCUT2D eigenvalue weighted by atomic mass is 35.5. The van der Waals surface area contributed by atoms with E-state index >= 15 is 4.39 Å². The van der Waals surface area contributed by atoms with Crippen LogP contribution in [-0.2, 0) is 0 Å². The predicted octanol–water partition coefficient (Wildman–Crippen LogP) is 6.97. The lowest BCUT2D eigenvalue weighted by Crippen LogP contribution is -2.51. The van der Waals surface area contributed by atoms with Gasteiger partial charge in [-0.05, 0) is 63.9 Å². The molecule has 0 saturated carbocycles. The molecule has 234 valence electrons. The van der Waals surface area contributed by atoms with Crippen LogP contribution in [0.25, 0.3) is 32.1 Å². The van der Waals surface area contributed by atoms with E-state index in [0.29, 0.717) is 23.3 Å². The van der Waals surface area contributed by atoms with Gasteiger partial charge in [-0.25, -0.2) is 8.78 Å². The molecule has 2 aromatic heterocycles. The summed E-state index contributed by atoms with van der Waals surface area (Å²) in [6.07, 6.45) is 4.95. The number of hydrogen-bond acceptors (Lipinski definition) is 9. The van der Waals surface area contributed by atoms with Crippen molar-refractivity contribution in [2.75, 3.05) is 44.4 Å². The fraction of sp³-hybridized carbons (Fsp3) is 0.469. The Kier molecular flexibility index (Phi) is 9.75. The molecule has 3 aliphatic rings. The second kappa shape index (κ2) is 13.4. The van der Waals surface area contributed by atoms with Crippen LogP contribution in [0.1, 0.15) is 52.0 Å². The van der Waals surface area contributed by atoms with Crippen molar-refractivity contribution in [2.45, 2.75) is 64.6 Å². The SMILES string of the molecule is CC.CC1CCCN1C.COc1nc(N2CC3CCC(C2)N3)c2cc(Cl)c(-c3ccc(F)c4sc(N)c(C#N)c34)c(F)c2n1. The highest BCUT2D eigenvalue weighted by Crippen LogP contribution is 2.45. The number of nitrogen functional groups attached to an aromatic ring is 1. The molecule has 3 atom stereocenters. The third kappa shape index (κ3) is 5.88. The quantitative estimate of drug-likeness (QED) is 0.247. The Labute approximate surface area is 265 Å². The fourth-order valence-corrected chi connectivity index (χ4v) is 7.54. The summed E-state index contributed by atoms with van der Waals surface area (Å²) in [7, 11) is 3.62. The molecule has 2 aromatic carbocycles. The molecule has 0 radical (unpaired) electrons. The predicted molar refractivity (Wildman–Crippen MR) is 176 cm³/mol. The first-order valence-electron chi connectivity index (χ1n) is 15.1. The minimum Gasteiger partial charge on any atom is -0.467 e. The Morgan fingerprint density at radius 2 is 1.86 bits per heavy atom. The number of aromatic nitrogens is 2. The van der Waals surface area contributed by atoms with Crippen LogP contribution in [0.15, 0.2) is 18.2 Å². The first-order chi connectivity index (χ1) is 21.2. The van der Waals surface area contributed by atoms with E-state index in [2.05, 4.69) is 39.1 Å². The van der Waals surface area contributed by atoms with Crippen LogP contribution in [-0.4, -0.2) is 66.8 Å². The summed E-state index contributed by atoms with van der Waals surface area (Å²) in [5, 5.41) is 14.2. The average Bonchev–Trinajstić information content (AvgIpc) is 3.69. The number of rotatable bonds is 3. The second-order valence-electron chi connectivity index (χ2n) is 11.2. The van der Waals surface area contributed by atoms with E-state index in [1.54, 1.807) is 6.07 Å². The molecular formula is C32H38ClF2N7OS. The molecule has 0 spiro atoms. The van der Waals surface area contributed by atoms with E-state index in [4.69, 9.17) is 22.1 Å². The van der Waals surface area contributed by atoms with Crippen molar-refractivity contribution in [3.8, 4) is 23.2 Å². The number of nitriles is 1. The van der Waals surface area contributed by atoms with Gasteiger partial charge in [0.1, 0.15) is 28.2 Å². The number of benzene rings is 2. The standard InChI is InChI=1S/C24H19ClF2N6OS.C6H13N.C2H6/c1-34-24-31-20-13(23(32-24)33-8-10-2-3-11(9-33)30-10)6-15(25)18(19(20)27)12-4-5-16(26)21-17(12)14(7-28)22(29)35-21;1-6-4-3-5-7(6)2;1-2/h4-6,10-11,30H,2-3,8-9,29H2,1H3;6H,3-5H2,1-2H3;1-2H3. The Morgan fingerprint density at radius 1 is 1.16 bits per heavy atom. The van der Waals surface area contributed by atoms with Gasteiger partial charge in [-0.2, -0.15) is 15.2 Å². The fourth-order valence-electron chi connectivity index (χ4n) is 6.29. The Hall–Kier alpha value is -3.30. The summed E-state index contributed by atoms with van der Waals surface area (Å²) in [6.45, 7) is 9.05. The van der Waals surface area contributed by atoms with Crippen LogP contribution in [0, 0.1) is 23.0 Å². The van der Waals surface area contributed by atoms with Crippen LogP contribution in [0.5, 0.6) is 6.01 Å². The molecule has 0 aliphatic carbocycles. The number of nitrogens with one attached hydrogen (secondary N) is 1. The van der Waals surface area contributed by atoms with Crippen molar-refractivity contribution in [2.24, 2.45) is 0 Å². The van der Waals surface area contributed by atoms with E-state index in [-0.39, 0.29) is 48.3 Å². The van der Waals surface area contributed by atoms with Crippen LogP contribution >= 0.6 is 22.9 Å². The van der Waals surface area contributed by atoms with Crippen molar-refractivity contribution in [3.05, 3.63) is 40.4 Å². The lowest BCUT2D eigenvalue weighted by molar-refractivity contribution is 0.331. The number of thiophene rings is 1. The highest BCUT2D eigenvalue weighted by molar-refractivity contribution is 7.23. The molecule has 3 N–H and O–H groups in total. The molecule has 7 rings (SSSR count). The molecule has 12 heteroatoms. The highest BCUT2D eigenvalue weighted by Gasteiger charge is 2.34. The Balaban J connectivity index is 0.000000373. The summed E-state index contributed by atoms with van der Waals surface area (Å²) >= 11 is 7.62. The molecule has 2 bridgehead atoms. The molecule has 8 nitrogen and oxygen atoms in total. The van der Waals surface area contributed by atoms with Crippen molar-refractivity contribution < 1.29 is 13.5 Å². The minimum atomic E-state index is -0.700. The molecule has 3 unspecified atom stereocenters. The number of fused-ring (bicyclic) bond motifs is 4. The first-order valence-corrected chi connectivity index (χ1v) is 16.3. The molecule has 44 heavy (non-hydrogen) atoms. The van der Waals surface area contributed by atoms with Crippen molar-refractivity contribution in [1.82, 2.24) is 20.2 Å². The lowest BCUT2D eigenvalue weighted by atomic mass is 9.97. The Morgan fingerprint density at radius 3 is 2.43 bits per heavy atom. The maximum absolute atomic E-state index is 16.3. The number of hydrogen-bond donors (Lipinski definition) is 2. The summed E-state index contributed by atoms with van der Waals surface area (Å²) in [6, 6.07) is 7.83. The van der Waals surface area contributed by atoms with Gasteiger partial charge in [-0.3, -0.25) is 0 Å². The van der Waals surface area contributed by atoms with Gasteiger partial charge in [0.15, 0.2) is 5.82 Å². The summed E-state index contributed by atoms with van der Waals surface area (Å²) < 4.78 is 36.3. The first kappa shape index (κ1) is 32.1. The summed E-state index contributed by atoms with van der Waals surface area (Å²) in [5.74, 6) is -0.688. The Bertz CT molecular complexity index is 1710. The van der Waals surface area contributed by atoms with E-state index in [9.17, 15) is 9.65 Å². The zero-order chi connectivity index (χ0) is 31.7. The van der Waals surface area contributed by atoms with Crippen LogP contribution in [0.3, 0.4) is 0 Å². The van der Waals surface area contributed by atoms with Gasteiger partial charge in [0.25, 0.3) is 0 Å². The van der Waals surface area contributed by atoms with E-state index in [1.165, 1.54) is 38.6 Å². The van der Waals surface area contributed by atoms with Crippen molar-refractivity contribution >= 4 is 54.7 Å². The monoisotopic (exact) mass is 641 g/mol. The number of nitrogens with two attached hydrogens (primary N) is 1. The molecule has 3 fully saturated rings. The van der Waals surface area contributed by atoms with E-state index in [1.807, 2.05) is 19.9 Å². The molecular weight excluding hydrogens is 604 g/mol. The number of ether oxygens (including phenoxy) is 1. The summed E-state index contributed by atoms with van der Waals surface area (Å²) in [5.41, 5.74) is 6.39. The van der Waals surface area contributed by atoms with Gasteiger partial charge in [-0.15, -0.1) is 11.3 Å². The summed E-state index contributed by atoms with van der Waals surface area (Å²) in [4.78, 5) is 13.4. The lowest BCUT2D eigenvalue weighted by Gasteiger charge is -2.34. The maximum Gasteiger partial charge on any atom is 0.318 e. The molecule has 3 aliphatic heterocycles. The third-order valence-corrected chi connectivity index (χ3v) is 9.95.